The SMILES string of the molecule is Cn1ncc2c1CCC[C@H]2NC(=O)[C@@H]1CC(=O)Nc2ccccc21. The summed E-state index contributed by atoms with van der Waals surface area (Å²) in [7, 11) is 1.94. The van der Waals surface area contributed by atoms with Crippen molar-refractivity contribution in [3.05, 3.63) is 47.3 Å². The van der Waals surface area contributed by atoms with E-state index in [2.05, 4.69) is 15.7 Å². The second kappa shape index (κ2) is 5.78. The van der Waals surface area contributed by atoms with Crippen LogP contribution < -0.4 is 10.6 Å². The smallest absolute Gasteiger partial charge is 0.228 e. The van der Waals surface area contributed by atoms with Gasteiger partial charge in [-0.25, -0.2) is 0 Å². The highest BCUT2D eigenvalue weighted by Gasteiger charge is 2.33. The molecule has 1 aliphatic carbocycles. The lowest BCUT2D eigenvalue weighted by Crippen LogP contribution is -2.38. The molecule has 2 atom stereocenters. The summed E-state index contributed by atoms with van der Waals surface area (Å²) in [6, 6.07) is 7.49. The molecule has 6 heteroatoms. The Kier molecular flexibility index (Phi) is 3.59. The number of aryl methyl sites for hydroxylation is 1. The van der Waals surface area contributed by atoms with Crippen LogP contribution in [-0.4, -0.2) is 21.6 Å². The van der Waals surface area contributed by atoms with Crippen LogP contribution in [0, 0.1) is 0 Å². The van der Waals surface area contributed by atoms with E-state index in [9.17, 15) is 9.59 Å². The molecule has 6 nitrogen and oxygen atoms in total. The van der Waals surface area contributed by atoms with Crippen molar-refractivity contribution in [3.63, 3.8) is 0 Å². The monoisotopic (exact) mass is 324 g/mol. The zero-order valence-corrected chi connectivity index (χ0v) is 13.6. The summed E-state index contributed by atoms with van der Waals surface area (Å²) in [6.07, 6.45) is 4.97. The van der Waals surface area contributed by atoms with Crippen molar-refractivity contribution in [3.8, 4) is 0 Å². The average Bonchev–Trinajstić information content (AvgIpc) is 2.96. The fourth-order valence-electron chi connectivity index (χ4n) is 3.77. The van der Waals surface area contributed by atoms with Crippen molar-refractivity contribution in [1.82, 2.24) is 15.1 Å². The minimum atomic E-state index is -0.433. The Labute approximate surface area is 140 Å². The van der Waals surface area contributed by atoms with Gasteiger partial charge in [0, 0.05) is 30.4 Å². The van der Waals surface area contributed by atoms with E-state index in [4.69, 9.17) is 0 Å². The molecular formula is C18H20N4O2. The maximum Gasteiger partial charge on any atom is 0.228 e. The lowest BCUT2D eigenvalue weighted by molar-refractivity contribution is -0.127. The Balaban J connectivity index is 1.58. The minimum absolute atomic E-state index is 0.0212. The fraction of sp³-hybridized carbons (Fsp3) is 0.389. The van der Waals surface area contributed by atoms with E-state index in [0.29, 0.717) is 0 Å². The van der Waals surface area contributed by atoms with Crippen LogP contribution in [0.4, 0.5) is 5.69 Å². The third-order valence-electron chi connectivity index (χ3n) is 5.01. The summed E-state index contributed by atoms with van der Waals surface area (Å²) in [5, 5.41) is 10.3. The van der Waals surface area contributed by atoms with E-state index >= 15 is 0 Å². The molecule has 0 bridgehead atoms. The van der Waals surface area contributed by atoms with Crippen LogP contribution in [0.5, 0.6) is 0 Å². The van der Waals surface area contributed by atoms with Crippen molar-refractivity contribution < 1.29 is 9.59 Å². The molecule has 24 heavy (non-hydrogen) atoms. The van der Waals surface area contributed by atoms with Crippen LogP contribution in [0.15, 0.2) is 30.5 Å². The number of nitrogens with one attached hydrogen (secondary N) is 2. The van der Waals surface area contributed by atoms with Crippen molar-refractivity contribution in [1.29, 1.82) is 0 Å². The van der Waals surface area contributed by atoms with Gasteiger partial charge in [-0.2, -0.15) is 5.10 Å². The van der Waals surface area contributed by atoms with Crippen LogP contribution in [0.3, 0.4) is 0 Å². The molecule has 124 valence electrons. The number of anilines is 1. The first kappa shape index (κ1) is 14.9. The number of carbonyl (C=O) groups excluding carboxylic acids is 2. The summed E-state index contributed by atoms with van der Waals surface area (Å²) in [5.74, 6) is -0.629. The number of aromatic nitrogens is 2. The van der Waals surface area contributed by atoms with Gasteiger partial charge in [-0.1, -0.05) is 18.2 Å². The van der Waals surface area contributed by atoms with Gasteiger partial charge in [0.1, 0.15) is 0 Å². The number of hydrogen-bond donors (Lipinski definition) is 2. The van der Waals surface area contributed by atoms with Gasteiger partial charge >= 0.3 is 0 Å². The molecular weight excluding hydrogens is 304 g/mol. The van der Waals surface area contributed by atoms with Gasteiger partial charge < -0.3 is 10.6 Å². The van der Waals surface area contributed by atoms with Gasteiger partial charge in [-0.05, 0) is 30.9 Å². The lowest BCUT2D eigenvalue weighted by atomic mass is 9.88. The molecule has 0 radical (unpaired) electrons. The maximum atomic E-state index is 12.9. The predicted octanol–water partition coefficient (Wildman–Crippen LogP) is 2.04. The maximum absolute atomic E-state index is 12.9. The highest BCUT2D eigenvalue weighted by Crippen LogP contribution is 2.34. The number of para-hydroxylation sites is 1. The van der Waals surface area contributed by atoms with E-state index in [0.717, 1.165) is 36.1 Å². The van der Waals surface area contributed by atoms with E-state index in [1.54, 1.807) is 0 Å². The Morgan fingerprint density at radius 1 is 1.33 bits per heavy atom. The molecule has 1 aromatic carbocycles. The van der Waals surface area contributed by atoms with E-state index in [1.807, 2.05) is 42.2 Å². The third-order valence-corrected chi connectivity index (χ3v) is 5.01. The van der Waals surface area contributed by atoms with Gasteiger partial charge in [0.2, 0.25) is 11.8 Å². The van der Waals surface area contributed by atoms with Gasteiger partial charge in [0.05, 0.1) is 18.2 Å². The molecule has 2 N–H and O–H groups in total. The van der Waals surface area contributed by atoms with Crippen LogP contribution in [0.1, 0.15) is 48.0 Å². The molecule has 2 heterocycles. The number of carbonyl (C=O) groups is 2. The predicted molar refractivity (Wildman–Crippen MR) is 89.5 cm³/mol. The van der Waals surface area contributed by atoms with Gasteiger partial charge in [0.15, 0.2) is 0 Å². The molecule has 1 aliphatic heterocycles. The molecule has 2 amide bonds. The number of fused-ring (bicyclic) bond motifs is 2. The Morgan fingerprint density at radius 3 is 3.04 bits per heavy atom. The number of rotatable bonds is 2. The fourth-order valence-corrected chi connectivity index (χ4v) is 3.77. The average molecular weight is 324 g/mol. The first-order valence-electron chi connectivity index (χ1n) is 8.33. The van der Waals surface area contributed by atoms with Crippen molar-refractivity contribution in [2.75, 3.05) is 5.32 Å². The number of hydrogen-bond acceptors (Lipinski definition) is 3. The highest BCUT2D eigenvalue weighted by molar-refractivity contribution is 6.01. The third kappa shape index (κ3) is 2.48. The van der Waals surface area contributed by atoms with Crippen LogP contribution >= 0.6 is 0 Å². The number of benzene rings is 1. The number of nitrogens with zero attached hydrogens (tertiary/aromatic N) is 2. The van der Waals surface area contributed by atoms with Crippen LogP contribution in [0.2, 0.25) is 0 Å². The largest absolute Gasteiger partial charge is 0.349 e. The topological polar surface area (TPSA) is 76.0 Å². The summed E-state index contributed by atoms with van der Waals surface area (Å²) in [4.78, 5) is 24.8. The van der Waals surface area contributed by atoms with E-state index < -0.39 is 5.92 Å². The lowest BCUT2D eigenvalue weighted by Gasteiger charge is -2.29. The summed E-state index contributed by atoms with van der Waals surface area (Å²) in [5.41, 5.74) is 3.91. The Morgan fingerprint density at radius 2 is 2.17 bits per heavy atom. The second-order valence-corrected chi connectivity index (χ2v) is 6.52. The van der Waals surface area contributed by atoms with Crippen molar-refractivity contribution in [2.24, 2.45) is 7.05 Å². The van der Waals surface area contributed by atoms with Crippen molar-refractivity contribution >= 4 is 17.5 Å². The zero-order chi connectivity index (χ0) is 16.7. The molecule has 0 spiro atoms. The first-order chi connectivity index (χ1) is 11.6. The summed E-state index contributed by atoms with van der Waals surface area (Å²) < 4.78 is 1.89. The Hall–Kier alpha value is -2.63. The minimum Gasteiger partial charge on any atom is -0.349 e. The van der Waals surface area contributed by atoms with E-state index in [-0.39, 0.29) is 24.3 Å². The van der Waals surface area contributed by atoms with E-state index in [1.165, 1.54) is 5.69 Å². The Bertz CT molecular complexity index is 811. The quantitative estimate of drug-likeness (QED) is 0.887. The molecule has 2 aliphatic rings. The highest BCUT2D eigenvalue weighted by atomic mass is 16.2. The molecule has 4 rings (SSSR count). The van der Waals surface area contributed by atoms with Gasteiger partial charge in [-0.3, -0.25) is 14.3 Å². The van der Waals surface area contributed by atoms with Crippen LogP contribution in [0.25, 0.3) is 0 Å². The zero-order valence-electron chi connectivity index (χ0n) is 13.6. The molecule has 0 unspecified atom stereocenters. The normalized spacial score (nSPS) is 22.3. The van der Waals surface area contributed by atoms with Gasteiger partial charge in [0.25, 0.3) is 0 Å². The summed E-state index contributed by atoms with van der Waals surface area (Å²) >= 11 is 0. The molecule has 0 fully saturated rings. The molecule has 0 saturated heterocycles. The molecule has 0 saturated carbocycles. The molecule has 1 aromatic heterocycles. The van der Waals surface area contributed by atoms with Crippen LogP contribution in [-0.2, 0) is 23.1 Å². The second-order valence-electron chi connectivity index (χ2n) is 6.52. The molecule has 2 aromatic rings. The number of amides is 2. The summed E-state index contributed by atoms with van der Waals surface area (Å²) in [6.45, 7) is 0. The first-order valence-corrected chi connectivity index (χ1v) is 8.33. The van der Waals surface area contributed by atoms with Gasteiger partial charge in [-0.15, -0.1) is 0 Å². The van der Waals surface area contributed by atoms with Crippen molar-refractivity contribution in [2.45, 2.75) is 37.6 Å². The standard InChI is InChI=1S/C18H20N4O2/c1-22-16-8-4-7-15(13(16)10-19-22)21-18(24)12-9-17(23)20-14-6-3-2-5-11(12)14/h2-3,5-6,10,12,15H,4,7-9H2,1H3,(H,20,23)(H,21,24)/t12-,15-/m1/s1.